The summed E-state index contributed by atoms with van der Waals surface area (Å²) >= 11 is 0. The van der Waals surface area contributed by atoms with Crippen LogP contribution in [-0.4, -0.2) is 29.0 Å². The van der Waals surface area contributed by atoms with E-state index in [9.17, 15) is 9.59 Å². The maximum Gasteiger partial charge on any atom is 0.356 e. The minimum absolute atomic E-state index is 0.162. The minimum atomic E-state index is -0.532. The van der Waals surface area contributed by atoms with Gasteiger partial charge in [-0.15, -0.1) is 0 Å². The minimum Gasteiger partial charge on any atom is -0.464 e. The van der Waals surface area contributed by atoms with E-state index in [0.717, 1.165) is 0 Å². The third-order valence-corrected chi connectivity index (χ3v) is 3.11. The van der Waals surface area contributed by atoms with Crippen molar-refractivity contribution < 1.29 is 18.7 Å². The standard InChI is InChI=1S/C16H13N3O4/c1-9(20)18-11-3-4-14-12(8-11)19-15(23-14)10-5-6-17-13(7-10)16(21)22-2/h3-8H,1-2H3,(H,18,20). The highest BCUT2D eigenvalue weighted by molar-refractivity contribution is 5.91. The molecule has 0 atom stereocenters. The van der Waals surface area contributed by atoms with Crippen LogP contribution in [0.4, 0.5) is 5.69 Å². The van der Waals surface area contributed by atoms with Gasteiger partial charge in [0, 0.05) is 24.4 Å². The van der Waals surface area contributed by atoms with Crippen LogP contribution >= 0.6 is 0 Å². The lowest BCUT2D eigenvalue weighted by Gasteiger charge is -1.99. The molecule has 0 saturated carbocycles. The molecular weight excluding hydrogens is 298 g/mol. The zero-order valence-electron chi connectivity index (χ0n) is 12.5. The van der Waals surface area contributed by atoms with Gasteiger partial charge in [-0.1, -0.05) is 0 Å². The highest BCUT2D eigenvalue weighted by atomic mass is 16.5. The number of anilines is 1. The summed E-state index contributed by atoms with van der Waals surface area (Å²) in [5, 5.41) is 2.69. The van der Waals surface area contributed by atoms with E-state index in [1.54, 1.807) is 30.3 Å². The van der Waals surface area contributed by atoms with Crippen molar-refractivity contribution >= 4 is 28.7 Å². The zero-order valence-corrected chi connectivity index (χ0v) is 12.5. The van der Waals surface area contributed by atoms with E-state index in [-0.39, 0.29) is 11.6 Å². The molecule has 0 unspecified atom stereocenters. The predicted octanol–water partition coefficient (Wildman–Crippen LogP) is 2.63. The maximum absolute atomic E-state index is 11.5. The van der Waals surface area contributed by atoms with Gasteiger partial charge in [0.25, 0.3) is 0 Å². The number of hydrogen-bond donors (Lipinski definition) is 1. The monoisotopic (exact) mass is 311 g/mol. The van der Waals surface area contributed by atoms with Crippen molar-refractivity contribution in [2.24, 2.45) is 0 Å². The first-order chi connectivity index (χ1) is 11.1. The molecule has 0 bridgehead atoms. The van der Waals surface area contributed by atoms with Crippen LogP contribution in [-0.2, 0) is 9.53 Å². The molecule has 2 aromatic heterocycles. The van der Waals surface area contributed by atoms with Crippen molar-refractivity contribution in [2.45, 2.75) is 6.92 Å². The zero-order chi connectivity index (χ0) is 16.4. The molecule has 116 valence electrons. The molecule has 1 amide bonds. The van der Waals surface area contributed by atoms with Crippen molar-refractivity contribution in [1.82, 2.24) is 9.97 Å². The summed E-state index contributed by atoms with van der Waals surface area (Å²) in [6, 6.07) is 8.40. The predicted molar refractivity (Wildman–Crippen MR) is 82.9 cm³/mol. The molecule has 0 aliphatic heterocycles. The first-order valence-corrected chi connectivity index (χ1v) is 6.80. The van der Waals surface area contributed by atoms with Crippen LogP contribution in [0.25, 0.3) is 22.6 Å². The van der Waals surface area contributed by atoms with Crippen LogP contribution in [0.1, 0.15) is 17.4 Å². The number of nitrogens with one attached hydrogen (secondary N) is 1. The molecule has 2 heterocycles. The van der Waals surface area contributed by atoms with E-state index >= 15 is 0 Å². The van der Waals surface area contributed by atoms with Gasteiger partial charge in [-0.3, -0.25) is 4.79 Å². The smallest absolute Gasteiger partial charge is 0.356 e. The number of rotatable bonds is 3. The first-order valence-electron chi connectivity index (χ1n) is 6.80. The molecule has 0 aliphatic carbocycles. The number of pyridine rings is 1. The number of hydrogen-bond acceptors (Lipinski definition) is 6. The number of esters is 1. The van der Waals surface area contributed by atoms with Crippen molar-refractivity contribution in [2.75, 3.05) is 12.4 Å². The lowest BCUT2D eigenvalue weighted by molar-refractivity contribution is -0.114. The molecule has 1 N–H and O–H groups in total. The average Bonchev–Trinajstić information content (AvgIpc) is 2.97. The molecule has 0 aliphatic rings. The van der Waals surface area contributed by atoms with Crippen molar-refractivity contribution in [3.05, 3.63) is 42.2 Å². The molecule has 0 spiro atoms. The topological polar surface area (TPSA) is 94.3 Å². The Kier molecular flexibility index (Phi) is 3.76. The summed E-state index contributed by atoms with van der Waals surface area (Å²) in [7, 11) is 1.29. The van der Waals surface area contributed by atoms with Gasteiger partial charge < -0.3 is 14.5 Å². The molecule has 0 radical (unpaired) electrons. The first kappa shape index (κ1) is 14.7. The van der Waals surface area contributed by atoms with Crippen LogP contribution in [0.5, 0.6) is 0 Å². The fourth-order valence-corrected chi connectivity index (χ4v) is 2.11. The second-order valence-corrected chi connectivity index (χ2v) is 4.80. The van der Waals surface area contributed by atoms with Crippen molar-refractivity contribution in [3.8, 4) is 11.5 Å². The summed E-state index contributed by atoms with van der Waals surface area (Å²) in [4.78, 5) is 31.0. The summed E-state index contributed by atoms with van der Waals surface area (Å²) in [6.07, 6.45) is 1.49. The number of carbonyl (C=O) groups is 2. The Labute approximate surface area is 131 Å². The van der Waals surface area contributed by atoms with Gasteiger partial charge >= 0.3 is 5.97 Å². The second-order valence-electron chi connectivity index (χ2n) is 4.80. The number of ether oxygens (including phenoxy) is 1. The summed E-state index contributed by atoms with van der Waals surface area (Å²) in [6.45, 7) is 1.43. The number of carbonyl (C=O) groups excluding carboxylic acids is 2. The van der Waals surface area contributed by atoms with Crippen molar-refractivity contribution in [3.63, 3.8) is 0 Å². The Hall–Kier alpha value is -3.22. The molecule has 1 aromatic carbocycles. The molecule has 3 rings (SSSR count). The number of nitrogens with zero attached hydrogens (tertiary/aromatic N) is 2. The second kappa shape index (κ2) is 5.88. The van der Waals surface area contributed by atoms with Crippen molar-refractivity contribution in [1.29, 1.82) is 0 Å². The largest absolute Gasteiger partial charge is 0.464 e. The quantitative estimate of drug-likeness (QED) is 0.747. The lowest BCUT2D eigenvalue weighted by Crippen LogP contribution is -2.05. The number of methoxy groups -OCH3 is 1. The third kappa shape index (κ3) is 3.03. The normalized spacial score (nSPS) is 10.5. The SMILES string of the molecule is COC(=O)c1cc(-c2nc3cc(NC(C)=O)ccc3o2)ccn1. The third-order valence-electron chi connectivity index (χ3n) is 3.11. The van der Waals surface area contributed by atoms with Crippen LogP contribution < -0.4 is 5.32 Å². The van der Waals surface area contributed by atoms with Crippen LogP contribution in [0, 0.1) is 0 Å². The summed E-state index contributed by atoms with van der Waals surface area (Å²) in [5.41, 5.74) is 2.59. The van der Waals surface area contributed by atoms with Gasteiger partial charge in [-0.25, -0.2) is 14.8 Å². The molecule has 7 heteroatoms. The molecule has 3 aromatic rings. The van der Waals surface area contributed by atoms with Crippen LogP contribution in [0.15, 0.2) is 40.9 Å². The Morgan fingerprint density at radius 2 is 2.04 bits per heavy atom. The summed E-state index contributed by atoms with van der Waals surface area (Å²) in [5.74, 6) is -0.339. The van der Waals surface area contributed by atoms with Crippen LogP contribution in [0.3, 0.4) is 0 Å². The fraction of sp³-hybridized carbons (Fsp3) is 0.125. The number of oxazole rings is 1. The van der Waals surface area contributed by atoms with Crippen LogP contribution in [0.2, 0.25) is 0 Å². The Bertz CT molecular complexity index is 901. The van der Waals surface area contributed by atoms with E-state index in [4.69, 9.17) is 4.42 Å². The maximum atomic E-state index is 11.5. The number of fused-ring (bicyclic) bond motifs is 1. The molecular formula is C16H13N3O4. The van der Waals surface area contributed by atoms with Gasteiger partial charge in [0.1, 0.15) is 11.2 Å². The average molecular weight is 311 g/mol. The number of aromatic nitrogens is 2. The van der Waals surface area contributed by atoms with E-state index in [1.807, 2.05) is 0 Å². The number of amides is 1. The Morgan fingerprint density at radius 3 is 2.78 bits per heavy atom. The molecule has 0 fully saturated rings. The van der Waals surface area contributed by atoms with E-state index < -0.39 is 5.97 Å². The van der Waals surface area contributed by atoms with Gasteiger partial charge in [0.2, 0.25) is 11.8 Å². The Morgan fingerprint density at radius 1 is 1.22 bits per heavy atom. The fourth-order valence-electron chi connectivity index (χ4n) is 2.11. The van der Waals surface area contributed by atoms with Gasteiger partial charge in [-0.05, 0) is 30.3 Å². The van der Waals surface area contributed by atoms with Gasteiger partial charge in [-0.2, -0.15) is 0 Å². The number of benzene rings is 1. The lowest BCUT2D eigenvalue weighted by atomic mass is 10.2. The Balaban J connectivity index is 2.00. The summed E-state index contributed by atoms with van der Waals surface area (Å²) < 4.78 is 10.3. The highest BCUT2D eigenvalue weighted by Crippen LogP contribution is 2.26. The highest BCUT2D eigenvalue weighted by Gasteiger charge is 2.13. The van der Waals surface area contributed by atoms with E-state index in [0.29, 0.717) is 28.2 Å². The molecule has 7 nitrogen and oxygen atoms in total. The van der Waals surface area contributed by atoms with E-state index in [2.05, 4.69) is 20.0 Å². The van der Waals surface area contributed by atoms with Gasteiger partial charge in [0.15, 0.2) is 5.58 Å². The van der Waals surface area contributed by atoms with E-state index in [1.165, 1.54) is 20.2 Å². The molecule has 23 heavy (non-hydrogen) atoms. The molecule has 0 saturated heterocycles. The van der Waals surface area contributed by atoms with Gasteiger partial charge in [0.05, 0.1) is 7.11 Å².